The molecule has 22 heavy (non-hydrogen) atoms. The van der Waals surface area contributed by atoms with Crippen LogP contribution in [0, 0.1) is 11.8 Å². The molecular formula is C19H27NO2. The molecule has 3 heteroatoms. The van der Waals surface area contributed by atoms with E-state index in [1.165, 1.54) is 12.1 Å². The summed E-state index contributed by atoms with van der Waals surface area (Å²) in [6, 6.07) is 8.33. The van der Waals surface area contributed by atoms with Crippen molar-refractivity contribution in [2.75, 3.05) is 24.6 Å². The SMILES string of the molecule is C=CCC[C@H](O)[C@@H]1CC[C@H]1CN1CCCOc2ccccc21. The van der Waals surface area contributed by atoms with Crippen LogP contribution in [0.1, 0.15) is 32.1 Å². The molecular weight excluding hydrogens is 274 g/mol. The molecule has 1 saturated carbocycles. The van der Waals surface area contributed by atoms with Crippen molar-refractivity contribution in [2.45, 2.75) is 38.2 Å². The van der Waals surface area contributed by atoms with E-state index < -0.39 is 0 Å². The maximum absolute atomic E-state index is 10.4. The molecule has 0 saturated heterocycles. The van der Waals surface area contributed by atoms with Crippen LogP contribution in [0.5, 0.6) is 5.75 Å². The highest BCUT2D eigenvalue weighted by Gasteiger charge is 2.37. The summed E-state index contributed by atoms with van der Waals surface area (Å²) in [5.74, 6) is 2.06. The molecule has 0 spiro atoms. The fraction of sp³-hybridized carbons (Fsp3) is 0.579. The minimum atomic E-state index is -0.171. The fourth-order valence-electron chi connectivity index (χ4n) is 3.70. The topological polar surface area (TPSA) is 32.7 Å². The smallest absolute Gasteiger partial charge is 0.142 e. The zero-order valence-corrected chi connectivity index (χ0v) is 13.3. The van der Waals surface area contributed by atoms with E-state index in [0.717, 1.165) is 51.1 Å². The zero-order chi connectivity index (χ0) is 15.4. The highest BCUT2D eigenvalue weighted by Crippen LogP contribution is 2.40. The molecule has 0 radical (unpaired) electrons. The van der Waals surface area contributed by atoms with Crippen molar-refractivity contribution in [2.24, 2.45) is 11.8 Å². The predicted octanol–water partition coefficient (Wildman–Crippen LogP) is 3.63. The van der Waals surface area contributed by atoms with Crippen LogP contribution in [-0.4, -0.2) is 30.9 Å². The number of hydrogen-bond donors (Lipinski definition) is 1. The van der Waals surface area contributed by atoms with Crippen LogP contribution >= 0.6 is 0 Å². The van der Waals surface area contributed by atoms with E-state index in [-0.39, 0.29) is 6.10 Å². The van der Waals surface area contributed by atoms with E-state index >= 15 is 0 Å². The summed E-state index contributed by atoms with van der Waals surface area (Å²) < 4.78 is 5.84. The highest BCUT2D eigenvalue weighted by atomic mass is 16.5. The van der Waals surface area contributed by atoms with Gasteiger partial charge in [-0.05, 0) is 56.1 Å². The lowest BCUT2D eigenvalue weighted by Crippen LogP contribution is -2.43. The van der Waals surface area contributed by atoms with Gasteiger partial charge in [-0.3, -0.25) is 0 Å². The molecule has 1 heterocycles. The number of aliphatic hydroxyl groups is 1. The first kappa shape index (κ1) is 15.4. The molecule has 2 aliphatic rings. The van der Waals surface area contributed by atoms with Gasteiger partial charge in [-0.15, -0.1) is 6.58 Å². The van der Waals surface area contributed by atoms with E-state index in [0.29, 0.717) is 11.8 Å². The van der Waals surface area contributed by atoms with Crippen molar-refractivity contribution in [3.63, 3.8) is 0 Å². The van der Waals surface area contributed by atoms with Crippen molar-refractivity contribution in [1.82, 2.24) is 0 Å². The first-order valence-electron chi connectivity index (χ1n) is 8.55. The Balaban J connectivity index is 1.64. The molecule has 120 valence electrons. The van der Waals surface area contributed by atoms with Gasteiger partial charge in [0.1, 0.15) is 5.75 Å². The number of nitrogens with zero attached hydrogens (tertiary/aromatic N) is 1. The third-order valence-electron chi connectivity index (χ3n) is 5.13. The Morgan fingerprint density at radius 1 is 1.36 bits per heavy atom. The van der Waals surface area contributed by atoms with Gasteiger partial charge in [0.05, 0.1) is 18.4 Å². The standard InChI is InChI=1S/C19H27NO2/c1-2-3-8-18(21)16-11-10-15(16)14-20-12-6-13-22-19-9-5-4-7-17(19)20/h2,4-5,7,9,15-16,18,21H,1,3,6,8,10-14H2/t15-,16+,18-/m0/s1. The summed E-state index contributed by atoms with van der Waals surface area (Å²) >= 11 is 0. The van der Waals surface area contributed by atoms with Crippen LogP contribution in [0.4, 0.5) is 5.69 Å². The van der Waals surface area contributed by atoms with Crippen LogP contribution in [0.3, 0.4) is 0 Å². The average molecular weight is 301 g/mol. The van der Waals surface area contributed by atoms with Crippen LogP contribution < -0.4 is 9.64 Å². The van der Waals surface area contributed by atoms with Crippen LogP contribution in [0.15, 0.2) is 36.9 Å². The highest BCUT2D eigenvalue weighted by molar-refractivity contribution is 5.59. The van der Waals surface area contributed by atoms with Crippen molar-refractivity contribution < 1.29 is 9.84 Å². The summed E-state index contributed by atoms with van der Waals surface area (Å²) in [5.41, 5.74) is 1.21. The number of rotatable bonds is 6. The van der Waals surface area contributed by atoms with E-state index in [1.54, 1.807) is 0 Å². The molecule has 3 atom stereocenters. The quantitative estimate of drug-likeness (QED) is 0.814. The minimum absolute atomic E-state index is 0.171. The number of hydrogen-bond acceptors (Lipinski definition) is 3. The largest absolute Gasteiger partial charge is 0.491 e. The molecule has 3 rings (SSSR count). The number of fused-ring (bicyclic) bond motifs is 1. The maximum atomic E-state index is 10.4. The molecule has 1 N–H and O–H groups in total. The molecule has 1 aromatic rings. The predicted molar refractivity (Wildman–Crippen MR) is 90.4 cm³/mol. The van der Waals surface area contributed by atoms with Gasteiger partial charge in [0.25, 0.3) is 0 Å². The second-order valence-electron chi connectivity index (χ2n) is 6.55. The Bertz CT molecular complexity index is 502. The second kappa shape index (κ2) is 7.19. The van der Waals surface area contributed by atoms with Gasteiger partial charge in [0.15, 0.2) is 0 Å². The number of anilines is 1. The van der Waals surface area contributed by atoms with Crippen molar-refractivity contribution in [3.05, 3.63) is 36.9 Å². The lowest BCUT2D eigenvalue weighted by atomic mass is 9.69. The molecule has 0 bridgehead atoms. The average Bonchev–Trinajstić information content (AvgIpc) is 2.72. The normalized spacial score (nSPS) is 25.4. The van der Waals surface area contributed by atoms with E-state index in [2.05, 4.69) is 29.7 Å². The van der Waals surface area contributed by atoms with E-state index in [1.807, 2.05) is 12.1 Å². The molecule has 1 fully saturated rings. The van der Waals surface area contributed by atoms with Gasteiger partial charge in [0, 0.05) is 13.1 Å². The Kier molecular flexibility index (Phi) is 5.04. The monoisotopic (exact) mass is 301 g/mol. The third-order valence-corrected chi connectivity index (χ3v) is 5.13. The van der Waals surface area contributed by atoms with E-state index in [4.69, 9.17) is 4.74 Å². The third kappa shape index (κ3) is 3.30. The van der Waals surface area contributed by atoms with Crippen LogP contribution in [0.2, 0.25) is 0 Å². The first-order valence-corrected chi connectivity index (χ1v) is 8.55. The number of aliphatic hydroxyl groups excluding tert-OH is 1. The number of para-hydroxylation sites is 2. The summed E-state index contributed by atoms with van der Waals surface area (Å²) in [4.78, 5) is 2.46. The first-order chi connectivity index (χ1) is 10.8. The molecule has 0 aromatic heterocycles. The maximum Gasteiger partial charge on any atom is 0.142 e. The second-order valence-corrected chi connectivity index (χ2v) is 6.55. The molecule has 1 aromatic carbocycles. The molecule has 3 nitrogen and oxygen atoms in total. The van der Waals surface area contributed by atoms with Crippen LogP contribution in [0.25, 0.3) is 0 Å². The summed E-state index contributed by atoms with van der Waals surface area (Å²) in [5, 5.41) is 10.4. The van der Waals surface area contributed by atoms with Gasteiger partial charge in [-0.2, -0.15) is 0 Å². The summed E-state index contributed by atoms with van der Waals surface area (Å²) in [6.45, 7) is 6.63. The van der Waals surface area contributed by atoms with E-state index in [9.17, 15) is 5.11 Å². The molecule has 0 unspecified atom stereocenters. The number of ether oxygens (including phenoxy) is 1. The molecule has 1 aliphatic carbocycles. The zero-order valence-electron chi connectivity index (χ0n) is 13.3. The Labute approximate surface area is 133 Å². The summed E-state index contributed by atoms with van der Waals surface area (Å²) in [6.07, 6.45) is 6.94. The van der Waals surface area contributed by atoms with Gasteiger partial charge >= 0.3 is 0 Å². The lowest BCUT2D eigenvalue weighted by molar-refractivity contribution is 0.0116. The molecule has 0 amide bonds. The number of benzene rings is 1. The minimum Gasteiger partial charge on any atom is -0.491 e. The van der Waals surface area contributed by atoms with Gasteiger partial charge in [0.2, 0.25) is 0 Å². The van der Waals surface area contributed by atoms with Crippen molar-refractivity contribution in [3.8, 4) is 5.75 Å². The van der Waals surface area contributed by atoms with Gasteiger partial charge in [-0.25, -0.2) is 0 Å². The summed E-state index contributed by atoms with van der Waals surface area (Å²) in [7, 11) is 0. The van der Waals surface area contributed by atoms with Gasteiger partial charge in [-0.1, -0.05) is 18.2 Å². The number of allylic oxidation sites excluding steroid dienone is 1. The van der Waals surface area contributed by atoms with Gasteiger partial charge < -0.3 is 14.7 Å². The van der Waals surface area contributed by atoms with Crippen LogP contribution in [-0.2, 0) is 0 Å². The molecule has 1 aliphatic heterocycles. The lowest BCUT2D eigenvalue weighted by Gasteiger charge is -2.43. The Hall–Kier alpha value is -1.48. The van der Waals surface area contributed by atoms with Crippen molar-refractivity contribution >= 4 is 5.69 Å². The Morgan fingerprint density at radius 2 is 2.23 bits per heavy atom. The van der Waals surface area contributed by atoms with Crippen molar-refractivity contribution in [1.29, 1.82) is 0 Å². The Morgan fingerprint density at radius 3 is 3.00 bits per heavy atom. The fourth-order valence-corrected chi connectivity index (χ4v) is 3.70.